The van der Waals surface area contributed by atoms with Gasteiger partial charge in [0.1, 0.15) is 11.3 Å². The van der Waals surface area contributed by atoms with Crippen LogP contribution in [0.25, 0.3) is 11.0 Å². The molecule has 19 heavy (non-hydrogen) atoms. The van der Waals surface area contributed by atoms with Crippen molar-refractivity contribution >= 4 is 17.0 Å². The molecule has 0 aliphatic carbocycles. The molecule has 0 atom stereocenters. The van der Waals surface area contributed by atoms with E-state index in [1.807, 2.05) is 6.92 Å². The van der Waals surface area contributed by atoms with E-state index in [9.17, 15) is 9.90 Å². The molecule has 0 aromatic carbocycles. The SMILES string of the molecule is CCCCOc1c(C(=O)O)cnc2c1cnn2CC. The first-order valence-corrected chi connectivity index (χ1v) is 6.39. The van der Waals surface area contributed by atoms with Crippen LogP contribution in [-0.2, 0) is 6.54 Å². The summed E-state index contributed by atoms with van der Waals surface area (Å²) in [5.74, 6) is -0.671. The van der Waals surface area contributed by atoms with Crippen LogP contribution in [0.4, 0.5) is 0 Å². The number of aromatic carboxylic acids is 1. The van der Waals surface area contributed by atoms with Gasteiger partial charge >= 0.3 is 5.97 Å². The van der Waals surface area contributed by atoms with Gasteiger partial charge in [-0.05, 0) is 13.3 Å². The third kappa shape index (κ3) is 2.52. The van der Waals surface area contributed by atoms with E-state index < -0.39 is 5.97 Å². The summed E-state index contributed by atoms with van der Waals surface area (Å²) in [6, 6.07) is 0. The molecule has 6 heteroatoms. The highest BCUT2D eigenvalue weighted by molar-refractivity contribution is 5.97. The maximum Gasteiger partial charge on any atom is 0.341 e. The molecule has 2 heterocycles. The van der Waals surface area contributed by atoms with Crippen molar-refractivity contribution in [2.24, 2.45) is 0 Å². The number of aryl methyl sites for hydroxylation is 1. The Labute approximate surface area is 111 Å². The van der Waals surface area contributed by atoms with Gasteiger partial charge in [-0.1, -0.05) is 13.3 Å². The highest BCUT2D eigenvalue weighted by Gasteiger charge is 2.18. The van der Waals surface area contributed by atoms with E-state index in [1.54, 1.807) is 10.9 Å². The van der Waals surface area contributed by atoms with Crippen LogP contribution >= 0.6 is 0 Å². The fourth-order valence-corrected chi connectivity index (χ4v) is 1.86. The summed E-state index contributed by atoms with van der Waals surface area (Å²) >= 11 is 0. The number of hydrogen-bond donors (Lipinski definition) is 1. The number of carbonyl (C=O) groups is 1. The summed E-state index contributed by atoms with van der Waals surface area (Å²) in [6.07, 6.45) is 4.81. The summed E-state index contributed by atoms with van der Waals surface area (Å²) in [6.45, 7) is 5.18. The predicted molar refractivity (Wildman–Crippen MR) is 70.6 cm³/mol. The maximum absolute atomic E-state index is 11.2. The smallest absolute Gasteiger partial charge is 0.341 e. The van der Waals surface area contributed by atoms with Crippen molar-refractivity contribution in [1.82, 2.24) is 14.8 Å². The van der Waals surface area contributed by atoms with Gasteiger partial charge in [0.05, 0.1) is 18.2 Å². The Morgan fingerprint density at radius 2 is 2.21 bits per heavy atom. The van der Waals surface area contributed by atoms with Crippen LogP contribution in [0, 0.1) is 0 Å². The quantitative estimate of drug-likeness (QED) is 0.809. The van der Waals surface area contributed by atoms with Crippen molar-refractivity contribution in [1.29, 1.82) is 0 Å². The van der Waals surface area contributed by atoms with E-state index in [0.29, 0.717) is 29.9 Å². The van der Waals surface area contributed by atoms with Gasteiger partial charge in [-0.25, -0.2) is 14.5 Å². The predicted octanol–water partition coefficient (Wildman–Crippen LogP) is 2.33. The van der Waals surface area contributed by atoms with E-state index in [1.165, 1.54) is 6.20 Å². The number of carboxylic acid groups (broad SMARTS) is 1. The van der Waals surface area contributed by atoms with Crippen molar-refractivity contribution in [2.45, 2.75) is 33.2 Å². The van der Waals surface area contributed by atoms with E-state index in [0.717, 1.165) is 12.8 Å². The van der Waals surface area contributed by atoms with Gasteiger partial charge < -0.3 is 9.84 Å². The lowest BCUT2D eigenvalue weighted by atomic mass is 10.2. The lowest BCUT2D eigenvalue weighted by molar-refractivity contribution is 0.0692. The van der Waals surface area contributed by atoms with Gasteiger partial charge in [-0.2, -0.15) is 5.10 Å². The number of aromatic nitrogens is 3. The Kier molecular flexibility index (Phi) is 3.99. The molecule has 0 spiro atoms. The Balaban J connectivity index is 2.49. The van der Waals surface area contributed by atoms with Crippen molar-refractivity contribution in [2.75, 3.05) is 6.61 Å². The maximum atomic E-state index is 11.2. The molecular formula is C13H17N3O3. The minimum Gasteiger partial charge on any atom is -0.492 e. The second-order valence-corrected chi connectivity index (χ2v) is 4.21. The Morgan fingerprint density at radius 3 is 2.84 bits per heavy atom. The zero-order valence-electron chi connectivity index (χ0n) is 11.1. The molecule has 0 aliphatic rings. The van der Waals surface area contributed by atoms with Crippen molar-refractivity contribution in [3.8, 4) is 5.75 Å². The number of pyridine rings is 1. The molecule has 0 bridgehead atoms. The number of fused-ring (bicyclic) bond motifs is 1. The molecule has 0 saturated heterocycles. The van der Waals surface area contributed by atoms with Gasteiger partial charge in [0, 0.05) is 12.7 Å². The number of rotatable bonds is 6. The third-order valence-corrected chi connectivity index (χ3v) is 2.89. The van der Waals surface area contributed by atoms with Crippen LogP contribution in [0.15, 0.2) is 12.4 Å². The number of carboxylic acids is 1. The fourth-order valence-electron chi connectivity index (χ4n) is 1.86. The average Bonchev–Trinajstić information content (AvgIpc) is 2.82. The molecular weight excluding hydrogens is 246 g/mol. The topological polar surface area (TPSA) is 77.2 Å². The molecule has 0 aliphatic heterocycles. The van der Waals surface area contributed by atoms with Gasteiger partial charge in [-0.3, -0.25) is 0 Å². The lowest BCUT2D eigenvalue weighted by Gasteiger charge is -2.09. The molecule has 0 unspecified atom stereocenters. The second-order valence-electron chi connectivity index (χ2n) is 4.21. The zero-order chi connectivity index (χ0) is 13.8. The molecule has 1 N–H and O–H groups in total. The summed E-state index contributed by atoms with van der Waals surface area (Å²) in [4.78, 5) is 15.4. The summed E-state index contributed by atoms with van der Waals surface area (Å²) in [7, 11) is 0. The minimum atomic E-state index is -1.04. The minimum absolute atomic E-state index is 0.0826. The first-order valence-electron chi connectivity index (χ1n) is 6.39. The average molecular weight is 263 g/mol. The van der Waals surface area contributed by atoms with Gasteiger partial charge in [-0.15, -0.1) is 0 Å². The van der Waals surface area contributed by atoms with E-state index in [4.69, 9.17) is 4.74 Å². The molecule has 0 fully saturated rings. The molecule has 0 radical (unpaired) electrons. The van der Waals surface area contributed by atoms with Crippen LogP contribution in [0.5, 0.6) is 5.75 Å². The first-order chi connectivity index (χ1) is 9.19. The number of unbranched alkanes of at least 4 members (excludes halogenated alkanes) is 1. The zero-order valence-corrected chi connectivity index (χ0v) is 11.1. The normalized spacial score (nSPS) is 10.8. The third-order valence-electron chi connectivity index (χ3n) is 2.89. The van der Waals surface area contributed by atoms with Crippen LogP contribution in [0.2, 0.25) is 0 Å². The van der Waals surface area contributed by atoms with Crippen molar-refractivity contribution in [3.63, 3.8) is 0 Å². The van der Waals surface area contributed by atoms with Crippen molar-refractivity contribution < 1.29 is 14.6 Å². The Bertz CT molecular complexity index is 592. The van der Waals surface area contributed by atoms with E-state index in [2.05, 4.69) is 17.0 Å². The van der Waals surface area contributed by atoms with Crippen LogP contribution < -0.4 is 4.74 Å². The van der Waals surface area contributed by atoms with Crippen LogP contribution in [-0.4, -0.2) is 32.4 Å². The Hall–Kier alpha value is -2.11. The molecule has 0 amide bonds. The summed E-state index contributed by atoms with van der Waals surface area (Å²) in [5.41, 5.74) is 0.734. The van der Waals surface area contributed by atoms with Gasteiger partial charge in [0.25, 0.3) is 0 Å². The summed E-state index contributed by atoms with van der Waals surface area (Å²) in [5, 5.41) is 14.0. The summed E-state index contributed by atoms with van der Waals surface area (Å²) < 4.78 is 7.35. The van der Waals surface area contributed by atoms with Gasteiger partial charge in [0.2, 0.25) is 0 Å². The first kappa shape index (κ1) is 13.3. The molecule has 2 aromatic heterocycles. The van der Waals surface area contributed by atoms with Crippen molar-refractivity contribution in [3.05, 3.63) is 18.0 Å². The highest BCUT2D eigenvalue weighted by Crippen LogP contribution is 2.28. The standard InChI is InChI=1S/C13H17N3O3/c1-3-5-6-19-11-9-8-15-16(4-2)12(9)14-7-10(11)13(17)18/h7-8H,3-6H2,1-2H3,(H,17,18). The monoisotopic (exact) mass is 263 g/mol. The molecule has 2 aromatic rings. The van der Waals surface area contributed by atoms with Crippen LogP contribution in [0.1, 0.15) is 37.0 Å². The molecule has 102 valence electrons. The lowest BCUT2D eigenvalue weighted by Crippen LogP contribution is -2.06. The number of nitrogens with zero attached hydrogens (tertiary/aromatic N) is 3. The highest BCUT2D eigenvalue weighted by atomic mass is 16.5. The number of ether oxygens (including phenoxy) is 1. The fraction of sp³-hybridized carbons (Fsp3) is 0.462. The van der Waals surface area contributed by atoms with E-state index >= 15 is 0 Å². The number of hydrogen-bond acceptors (Lipinski definition) is 4. The van der Waals surface area contributed by atoms with Crippen LogP contribution in [0.3, 0.4) is 0 Å². The van der Waals surface area contributed by atoms with Gasteiger partial charge in [0.15, 0.2) is 5.65 Å². The molecule has 2 rings (SSSR count). The molecule has 0 saturated carbocycles. The van der Waals surface area contributed by atoms with E-state index in [-0.39, 0.29) is 5.56 Å². The molecule has 6 nitrogen and oxygen atoms in total. The largest absolute Gasteiger partial charge is 0.492 e. The second kappa shape index (κ2) is 5.69. The Morgan fingerprint density at radius 1 is 1.42 bits per heavy atom.